The summed E-state index contributed by atoms with van der Waals surface area (Å²) < 4.78 is 33.4. The number of carbonyl (C=O) groups is 6. The Morgan fingerprint density at radius 2 is 1.32 bits per heavy atom. The molecule has 1 saturated heterocycles. The Morgan fingerprint density at radius 1 is 0.760 bits per heavy atom. The van der Waals surface area contributed by atoms with Crippen molar-refractivity contribution >= 4 is 35.9 Å². The molecule has 0 unspecified atom stereocenters. The number of fused-ring (bicyclic) bond motifs is 3. The first-order valence-electron chi connectivity index (χ1n) is 16.0. The van der Waals surface area contributed by atoms with Crippen LogP contribution in [-0.2, 0) is 52.4 Å². The summed E-state index contributed by atoms with van der Waals surface area (Å²) in [6.07, 6.45) is -8.08. The zero-order valence-electron chi connectivity index (χ0n) is 29.0. The van der Waals surface area contributed by atoms with Gasteiger partial charge in [0.25, 0.3) is 0 Å². The van der Waals surface area contributed by atoms with Crippen LogP contribution in [-0.4, -0.2) is 91.4 Å². The lowest BCUT2D eigenvalue weighted by Gasteiger charge is -2.46. The van der Waals surface area contributed by atoms with Gasteiger partial charge in [0.2, 0.25) is 5.91 Å². The molecule has 270 valence electrons. The Morgan fingerprint density at radius 3 is 1.84 bits per heavy atom. The zero-order chi connectivity index (χ0) is 36.7. The van der Waals surface area contributed by atoms with Crippen molar-refractivity contribution < 1.29 is 57.2 Å². The number of hydrogen-bond acceptors (Lipinski definition) is 13. The van der Waals surface area contributed by atoms with Crippen LogP contribution < -0.4 is 16.0 Å². The molecular weight excluding hydrogens is 654 g/mol. The molecule has 50 heavy (non-hydrogen) atoms. The predicted molar refractivity (Wildman–Crippen MR) is 175 cm³/mol. The Kier molecular flexibility index (Phi) is 12.2. The number of benzene rings is 2. The Hall–Kier alpha value is -5.02. The molecule has 2 aromatic carbocycles. The number of carbonyl (C=O) groups excluding carboxylic acids is 6. The molecule has 1 fully saturated rings. The van der Waals surface area contributed by atoms with Crippen molar-refractivity contribution in [3.63, 3.8) is 0 Å². The second kappa shape index (κ2) is 16.1. The average Bonchev–Trinajstić information content (AvgIpc) is 3.33. The predicted octanol–water partition coefficient (Wildman–Crippen LogP) is 2.44. The molecule has 3 N–H and O–H groups in total. The molecule has 0 aromatic heterocycles. The van der Waals surface area contributed by atoms with Crippen LogP contribution in [0.2, 0.25) is 0 Å². The lowest BCUT2D eigenvalue weighted by Crippen LogP contribution is -2.71. The fourth-order valence-corrected chi connectivity index (χ4v) is 5.93. The van der Waals surface area contributed by atoms with Gasteiger partial charge in [-0.15, -0.1) is 0 Å². The minimum absolute atomic E-state index is 0.0571. The van der Waals surface area contributed by atoms with Crippen molar-refractivity contribution in [2.24, 2.45) is 0 Å². The highest BCUT2D eigenvalue weighted by atomic mass is 16.6. The number of hydrogen-bond donors (Lipinski definition) is 3. The maximum absolute atomic E-state index is 13.5. The highest BCUT2D eigenvalue weighted by Crippen LogP contribution is 2.44. The van der Waals surface area contributed by atoms with Crippen LogP contribution in [0.15, 0.2) is 48.5 Å². The molecule has 2 amide bonds. The molecular formula is C35H43N3O12. The van der Waals surface area contributed by atoms with Gasteiger partial charge in [0.05, 0.1) is 0 Å². The van der Waals surface area contributed by atoms with Gasteiger partial charge in [-0.05, 0) is 43.0 Å². The van der Waals surface area contributed by atoms with E-state index in [0.29, 0.717) is 0 Å². The van der Waals surface area contributed by atoms with Crippen LogP contribution in [0.25, 0.3) is 11.1 Å². The minimum Gasteiger partial charge on any atom is -0.463 e. The van der Waals surface area contributed by atoms with E-state index in [2.05, 4.69) is 16.0 Å². The average molecular weight is 698 g/mol. The van der Waals surface area contributed by atoms with E-state index in [1.165, 1.54) is 6.92 Å². The fraction of sp³-hybridized carbons (Fsp3) is 0.486. The van der Waals surface area contributed by atoms with E-state index in [1.807, 2.05) is 48.5 Å². The molecule has 6 atom stereocenters. The Balaban J connectivity index is 1.62. The quantitative estimate of drug-likeness (QED) is 0.176. The summed E-state index contributed by atoms with van der Waals surface area (Å²) in [6, 6.07) is 14.3. The molecule has 0 radical (unpaired) electrons. The summed E-state index contributed by atoms with van der Waals surface area (Å²) in [4.78, 5) is 75.3. The third kappa shape index (κ3) is 9.79. The maximum atomic E-state index is 13.5. The zero-order valence-corrected chi connectivity index (χ0v) is 29.0. The monoisotopic (exact) mass is 697 g/mol. The second-order valence-electron chi connectivity index (χ2n) is 12.9. The third-order valence-corrected chi connectivity index (χ3v) is 7.70. The molecule has 15 heteroatoms. The maximum Gasteiger partial charge on any atom is 0.408 e. The number of amides is 2. The first-order valence-corrected chi connectivity index (χ1v) is 16.0. The van der Waals surface area contributed by atoms with Crippen LogP contribution in [0, 0.1) is 0 Å². The van der Waals surface area contributed by atoms with E-state index in [4.69, 9.17) is 28.4 Å². The van der Waals surface area contributed by atoms with Crippen molar-refractivity contribution in [2.45, 2.75) is 96.7 Å². The largest absolute Gasteiger partial charge is 0.463 e. The van der Waals surface area contributed by atoms with Crippen molar-refractivity contribution in [2.75, 3.05) is 13.2 Å². The van der Waals surface area contributed by atoms with E-state index < -0.39 is 84.8 Å². The fourth-order valence-electron chi connectivity index (χ4n) is 5.93. The van der Waals surface area contributed by atoms with Gasteiger partial charge < -0.3 is 33.7 Å². The molecule has 0 spiro atoms. The molecule has 0 bridgehead atoms. The number of rotatable bonds is 11. The smallest absolute Gasteiger partial charge is 0.408 e. The molecule has 1 aliphatic carbocycles. The van der Waals surface area contributed by atoms with E-state index in [-0.39, 0.29) is 12.5 Å². The highest BCUT2D eigenvalue weighted by Gasteiger charge is 2.52. The van der Waals surface area contributed by atoms with Crippen LogP contribution in [0.3, 0.4) is 0 Å². The van der Waals surface area contributed by atoms with Crippen molar-refractivity contribution in [3.8, 4) is 11.1 Å². The van der Waals surface area contributed by atoms with Gasteiger partial charge in [-0.3, -0.25) is 29.8 Å². The summed E-state index contributed by atoms with van der Waals surface area (Å²) in [5, 5.41) is 7.91. The van der Waals surface area contributed by atoms with Gasteiger partial charge in [0.15, 0.2) is 18.4 Å². The Bertz CT molecular complexity index is 1560. The summed E-state index contributed by atoms with van der Waals surface area (Å²) in [6.45, 7) is 8.92. The van der Waals surface area contributed by atoms with Gasteiger partial charge in [-0.1, -0.05) is 48.5 Å². The number of ether oxygens (including phenoxy) is 6. The number of esters is 4. The minimum atomic E-state index is -1.65. The van der Waals surface area contributed by atoms with Crippen molar-refractivity contribution in [1.82, 2.24) is 16.0 Å². The molecule has 1 heterocycles. The summed E-state index contributed by atoms with van der Waals surface area (Å²) >= 11 is 0. The van der Waals surface area contributed by atoms with E-state index in [1.54, 1.807) is 20.8 Å². The Labute approximate surface area is 289 Å². The third-order valence-electron chi connectivity index (χ3n) is 7.70. The first kappa shape index (κ1) is 37.8. The molecule has 2 aromatic rings. The highest BCUT2D eigenvalue weighted by molar-refractivity contribution is 5.82. The SMILES string of the molecule is CC(=O)N[C@@H]1[C@@H](OC(C)=O)[C@H](OC(C)=O)[C@@H](COC(C)=O)O[C@H]1N[C@H](NC(=O)OCC1c2ccccc2-c2ccccc21)C(=O)OC(C)(C)C. The second-order valence-corrected chi connectivity index (χ2v) is 12.9. The number of nitrogens with one attached hydrogen (secondary N) is 3. The van der Waals surface area contributed by atoms with Crippen molar-refractivity contribution in [3.05, 3.63) is 59.7 Å². The lowest BCUT2D eigenvalue weighted by atomic mass is 9.95. The van der Waals surface area contributed by atoms with Gasteiger partial charge >= 0.3 is 30.0 Å². The topological polar surface area (TPSA) is 194 Å². The van der Waals surface area contributed by atoms with E-state index in [9.17, 15) is 28.8 Å². The molecule has 15 nitrogen and oxygen atoms in total. The van der Waals surface area contributed by atoms with Crippen LogP contribution >= 0.6 is 0 Å². The van der Waals surface area contributed by atoms with Gasteiger partial charge in [-0.25, -0.2) is 9.59 Å². The summed E-state index contributed by atoms with van der Waals surface area (Å²) in [5.74, 6) is -4.07. The molecule has 2 aliphatic rings. The normalized spacial score (nSPS) is 21.8. The van der Waals surface area contributed by atoms with Crippen LogP contribution in [0.4, 0.5) is 4.79 Å². The standard InChI is InChI=1S/C35H43N3O12/c1-18(39)36-28-30(48-21(4)42)29(47-20(3)41)27(17-45-19(2)40)49-32(28)37-31(33(43)50-35(5,6)7)38-34(44)46-16-26-24-14-10-8-12-22(24)23-13-9-11-15-25(23)26/h8-15,26-32,37H,16-17H2,1-7H3,(H,36,39)(H,38,44)/t27-,28-,29-,30-,31-,32-/m1/s1. The molecule has 0 saturated carbocycles. The van der Waals surface area contributed by atoms with Gasteiger partial charge in [-0.2, -0.15) is 0 Å². The van der Waals surface area contributed by atoms with Gasteiger partial charge in [0, 0.05) is 33.6 Å². The van der Waals surface area contributed by atoms with E-state index >= 15 is 0 Å². The van der Waals surface area contributed by atoms with E-state index in [0.717, 1.165) is 43.0 Å². The van der Waals surface area contributed by atoms with Gasteiger partial charge in [0.1, 0.15) is 37.2 Å². The van der Waals surface area contributed by atoms with Crippen LogP contribution in [0.1, 0.15) is 65.5 Å². The molecule has 1 aliphatic heterocycles. The van der Waals surface area contributed by atoms with Crippen LogP contribution in [0.5, 0.6) is 0 Å². The van der Waals surface area contributed by atoms with Crippen molar-refractivity contribution in [1.29, 1.82) is 0 Å². The summed E-state index contributed by atoms with van der Waals surface area (Å²) in [7, 11) is 0. The lowest BCUT2D eigenvalue weighted by molar-refractivity contribution is -0.230. The molecule has 4 rings (SSSR count). The number of alkyl carbamates (subject to hydrolysis) is 1. The summed E-state index contributed by atoms with van der Waals surface area (Å²) in [5.41, 5.74) is 3.02. The first-order chi connectivity index (χ1) is 23.5.